The molecule has 0 aromatic heterocycles. The molecule has 2 aromatic rings. The van der Waals surface area contributed by atoms with Gasteiger partial charge in [0.1, 0.15) is 25.6 Å². The first-order valence-corrected chi connectivity index (χ1v) is 8.55. The van der Waals surface area contributed by atoms with Crippen LogP contribution in [0, 0.1) is 6.92 Å². The molecule has 0 saturated heterocycles. The number of ether oxygens (including phenoxy) is 3. The van der Waals surface area contributed by atoms with Crippen molar-refractivity contribution in [2.24, 2.45) is 0 Å². The summed E-state index contributed by atoms with van der Waals surface area (Å²) >= 11 is 0. The quantitative estimate of drug-likeness (QED) is 0.787. The lowest BCUT2D eigenvalue weighted by Crippen LogP contribution is -2.28. The number of rotatable bonds is 7. The van der Waals surface area contributed by atoms with E-state index in [9.17, 15) is 4.79 Å². The molecule has 0 fully saturated rings. The van der Waals surface area contributed by atoms with Gasteiger partial charge in [0.25, 0.3) is 0 Å². The van der Waals surface area contributed by atoms with Crippen molar-refractivity contribution in [1.29, 1.82) is 0 Å². The average molecular weight is 341 g/mol. The standard InChI is InChI=1S/C20H23NO4/c1-15-2-6-17(7-3-15)23-11-10-21-20(22)9-5-16-4-8-18-19(14-16)25-13-12-24-18/h2-4,6-8,14H,5,9-13H2,1H3,(H,21,22). The Bertz CT molecular complexity index is 712. The summed E-state index contributed by atoms with van der Waals surface area (Å²) in [6.45, 7) is 4.13. The summed E-state index contributed by atoms with van der Waals surface area (Å²) in [5, 5.41) is 2.88. The van der Waals surface area contributed by atoms with Crippen molar-refractivity contribution in [3.8, 4) is 17.2 Å². The Labute approximate surface area is 147 Å². The van der Waals surface area contributed by atoms with Crippen molar-refractivity contribution in [2.45, 2.75) is 19.8 Å². The number of hydrogen-bond acceptors (Lipinski definition) is 4. The van der Waals surface area contributed by atoms with Crippen molar-refractivity contribution in [3.63, 3.8) is 0 Å². The van der Waals surface area contributed by atoms with E-state index in [4.69, 9.17) is 14.2 Å². The molecule has 0 saturated carbocycles. The molecule has 1 heterocycles. The minimum absolute atomic E-state index is 0.0161. The molecule has 0 bridgehead atoms. The Balaban J connectivity index is 1.36. The second-order valence-corrected chi connectivity index (χ2v) is 5.99. The van der Waals surface area contributed by atoms with Crippen LogP contribution < -0.4 is 19.5 Å². The van der Waals surface area contributed by atoms with Gasteiger partial charge in [0.15, 0.2) is 11.5 Å². The Hall–Kier alpha value is -2.69. The topological polar surface area (TPSA) is 56.8 Å². The molecular weight excluding hydrogens is 318 g/mol. The summed E-state index contributed by atoms with van der Waals surface area (Å²) < 4.78 is 16.6. The fraction of sp³-hybridized carbons (Fsp3) is 0.350. The van der Waals surface area contributed by atoms with E-state index in [0.717, 1.165) is 22.8 Å². The van der Waals surface area contributed by atoms with Crippen LogP contribution in [0.3, 0.4) is 0 Å². The van der Waals surface area contributed by atoms with Gasteiger partial charge in [-0.15, -0.1) is 0 Å². The second kappa shape index (κ2) is 8.42. The molecule has 3 rings (SSSR count). The number of hydrogen-bond donors (Lipinski definition) is 1. The van der Waals surface area contributed by atoms with E-state index >= 15 is 0 Å². The molecule has 0 radical (unpaired) electrons. The van der Waals surface area contributed by atoms with Crippen LogP contribution >= 0.6 is 0 Å². The minimum atomic E-state index is 0.0161. The van der Waals surface area contributed by atoms with Gasteiger partial charge in [0.2, 0.25) is 5.91 Å². The first-order chi connectivity index (χ1) is 12.2. The Morgan fingerprint density at radius 3 is 2.64 bits per heavy atom. The molecular formula is C20H23NO4. The van der Waals surface area contributed by atoms with E-state index in [-0.39, 0.29) is 5.91 Å². The van der Waals surface area contributed by atoms with Crippen LogP contribution in [0.4, 0.5) is 0 Å². The monoisotopic (exact) mass is 341 g/mol. The molecule has 1 N–H and O–H groups in total. The Morgan fingerprint density at radius 1 is 1.08 bits per heavy atom. The molecule has 2 aromatic carbocycles. The Morgan fingerprint density at radius 2 is 1.84 bits per heavy atom. The first kappa shape index (κ1) is 17.1. The fourth-order valence-electron chi connectivity index (χ4n) is 2.58. The van der Waals surface area contributed by atoms with E-state index in [0.29, 0.717) is 39.2 Å². The highest BCUT2D eigenvalue weighted by atomic mass is 16.6. The molecule has 0 atom stereocenters. The summed E-state index contributed by atoms with van der Waals surface area (Å²) in [4.78, 5) is 11.9. The summed E-state index contributed by atoms with van der Waals surface area (Å²) in [6, 6.07) is 13.7. The van der Waals surface area contributed by atoms with Crippen LogP contribution in [0.15, 0.2) is 42.5 Å². The third-order valence-electron chi connectivity index (χ3n) is 3.96. The molecule has 1 amide bonds. The molecule has 0 spiro atoms. The third-order valence-corrected chi connectivity index (χ3v) is 3.96. The van der Waals surface area contributed by atoms with Gasteiger partial charge in [-0.3, -0.25) is 4.79 Å². The number of nitrogens with one attached hydrogen (secondary N) is 1. The van der Waals surface area contributed by atoms with Crippen molar-refractivity contribution in [1.82, 2.24) is 5.32 Å². The van der Waals surface area contributed by atoms with Gasteiger partial charge in [0.05, 0.1) is 6.54 Å². The van der Waals surface area contributed by atoms with Crippen molar-refractivity contribution in [3.05, 3.63) is 53.6 Å². The lowest BCUT2D eigenvalue weighted by atomic mass is 10.1. The summed E-state index contributed by atoms with van der Waals surface area (Å²) in [5.41, 5.74) is 2.26. The van der Waals surface area contributed by atoms with Gasteiger partial charge in [-0.05, 0) is 43.2 Å². The number of carbonyl (C=O) groups is 1. The predicted octanol–water partition coefficient (Wildman–Crippen LogP) is 2.89. The molecule has 132 valence electrons. The summed E-state index contributed by atoms with van der Waals surface area (Å²) in [5.74, 6) is 2.36. The van der Waals surface area contributed by atoms with Crippen LogP contribution in [0.1, 0.15) is 17.5 Å². The molecule has 25 heavy (non-hydrogen) atoms. The maximum Gasteiger partial charge on any atom is 0.220 e. The van der Waals surface area contributed by atoms with Crippen molar-refractivity contribution >= 4 is 5.91 Å². The van der Waals surface area contributed by atoms with Crippen LogP contribution in [0.25, 0.3) is 0 Å². The molecule has 0 unspecified atom stereocenters. The van der Waals surface area contributed by atoms with Crippen LogP contribution in [-0.4, -0.2) is 32.3 Å². The smallest absolute Gasteiger partial charge is 0.220 e. The number of carbonyl (C=O) groups excluding carboxylic acids is 1. The van der Waals surface area contributed by atoms with E-state index in [1.54, 1.807) is 0 Å². The Kier molecular flexibility index (Phi) is 5.77. The maximum absolute atomic E-state index is 11.9. The highest BCUT2D eigenvalue weighted by Gasteiger charge is 2.12. The van der Waals surface area contributed by atoms with E-state index in [1.165, 1.54) is 5.56 Å². The fourth-order valence-corrected chi connectivity index (χ4v) is 2.58. The molecule has 5 nitrogen and oxygen atoms in total. The molecule has 1 aliphatic heterocycles. The van der Waals surface area contributed by atoms with Crippen LogP contribution in [-0.2, 0) is 11.2 Å². The van der Waals surface area contributed by atoms with Crippen molar-refractivity contribution in [2.75, 3.05) is 26.4 Å². The SMILES string of the molecule is Cc1ccc(OCCNC(=O)CCc2ccc3c(c2)OCCO3)cc1. The van der Waals surface area contributed by atoms with Crippen molar-refractivity contribution < 1.29 is 19.0 Å². The highest BCUT2D eigenvalue weighted by Crippen LogP contribution is 2.31. The minimum Gasteiger partial charge on any atom is -0.492 e. The zero-order valence-corrected chi connectivity index (χ0v) is 14.4. The number of amides is 1. The van der Waals surface area contributed by atoms with Gasteiger partial charge in [-0.1, -0.05) is 23.8 Å². The van der Waals surface area contributed by atoms with Gasteiger partial charge in [0, 0.05) is 6.42 Å². The molecule has 5 heteroatoms. The lowest BCUT2D eigenvalue weighted by molar-refractivity contribution is -0.121. The van der Waals surface area contributed by atoms with E-state index in [2.05, 4.69) is 5.32 Å². The van der Waals surface area contributed by atoms with Crippen LogP contribution in [0.2, 0.25) is 0 Å². The molecule has 1 aliphatic rings. The van der Waals surface area contributed by atoms with Gasteiger partial charge < -0.3 is 19.5 Å². The number of fused-ring (bicyclic) bond motifs is 1. The summed E-state index contributed by atoms with van der Waals surface area (Å²) in [7, 11) is 0. The predicted molar refractivity (Wildman–Crippen MR) is 95.4 cm³/mol. The first-order valence-electron chi connectivity index (χ1n) is 8.55. The molecule has 0 aliphatic carbocycles. The zero-order valence-electron chi connectivity index (χ0n) is 14.4. The highest BCUT2D eigenvalue weighted by molar-refractivity contribution is 5.76. The third kappa shape index (κ3) is 5.14. The lowest BCUT2D eigenvalue weighted by Gasteiger charge is -2.18. The van der Waals surface area contributed by atoms with E-state index in [1.807, 2.05) is 49.4 Å². The van der Waals surface area contributed by atoms with Gasteiger partial charge in [-0.25, -0.2) is 0 Å². The van der Waals surface area contributed by atoms with E-state index < -0.39 is 0 Å². The van der Waals surface area contributed by atoms with Gasteiger partial charge >= 0.3 is 0 Å². The number of aryl methyl sites for hydroxylation is 2. The van der Waals surface area contributed by atoms with Crippen LogP contribution in [0.5, 0.6) is 17.2 Å². The number of benzene rings is 2. The zero-order chi connectivity index (χ0) is 17.5. The normalized spacial score (nSPS) is 12.5. The maximum atomic E-state index is 11.9. The van der Waals surface area contributed by atoms with Gasteiger partial charge in [-0.2, -0.15) is 0 Å². The largest absolute Gasteiger partial charge is 0.492 e. The summed E-state index contributed by atoms with van der Waals surface area (Å²) in [6.07, 6.45) is 1.10. The second-order valence-electron chi connectivity index (χ2n) is 5.99. The average Bonchev–Trinajstić information content (AvgIpc) is 2.65.